The Morgan fingerprint density at radius 3 is 2.75 bits per heavy atom. The first kappa shape index (κ1) is 7.28. The zero-order chi connectivity index (χ0) is 8.77. The van der Waals surface area contributed by atoms with Crippen LogP contribution in [0.15, 0.2) is 24.3 Å². The first-order chi connectivity index (χ1) is 5.62. The lowest BCUT2D eigenvalue weighted by molar-refractivity contribution is -0.125. The highest BCUT2D eigenvalue weighted by molar-refractivity contribution is 6.04. The highest BCUT2D eigenvalue weighted by Gasteiger charge is 2.42. The van der Waals surface area contributed by atoms with Crippen LogP contribution in [0.3, 0.4) is 0 Å². The van der Waals surface area contributed by atoms with Crippen LogP contribution in [0.2, 0.25) is 0 Å². The molecule has 62 valence electrons. The van der Waals surface area contributed by atoms with Gasteiger partial charge in [-0.3, -0.25) is 4.79 Å². The molecule has 0 saturated carbocycles. The second-order valence-electron chi connectivity index (χ2n) is 3.00. The molecule has 0 saturated heterocycles. The Kier molecular flexibility index (Phi) is 1.25. The van der Waals surface area contributed by atoms with Crippen molar-refractivity contribution in [2.45, 2.75) is 12.6 Å². The molecule has 1 aromatic carbocycles. The molecule has 0 fully saturated rings. The quantitative estimate of drug-likeness (QED) is 0.624. The molecule has 1 aliphatic heterocycles. The first-order valence-electron chi connectivity index (χ1n) is 3.72. The SMILES string of the molecule is C[C@]1(F)C(=O)Nc2ccccc21. The minimum absolute atomic E-state index is 0.426. The van der Waals surface area contributed by atoms with E-state index in [4.69, 9.17) is 0 Å². The fourth-order valence-corrected chi connectivity index (χ4v) is 1.36. The van der Waals surface area contributed by atoms with Crippen LogP contribution in [0.4, 0.5) is 10.1 Å². The van der Waals surface area contributed by atoms with Crippen LogP contribution in [0.1, 0.15) is 12.5 Å². The number of amides is 1. The normalized spacial score (nSPS) is 26.7. The van der Waals surface area contributed by atoms with Gasteiger partial charge < -0.3 is 5.32 Å². The number of alkyl halides is 1. The summed E-state index contributed by atoms with van der Waals surface area (Å²) in [5, 5.41) is 2.47. The minimum Gasteiger partial charge on any atom is -0.323 e. The van der Waals surface area contributed by atoms with Crippen LogP contribution in [-0.4, -0.2) is 5.91 Å². The molecule has 0 radical (unpaired) electrons. The van der Waals surface area contributed by atoms with Gasteiger partial charge in [-0.2, -0.15) is 0 Å². The second kappa shape index (κ2) is 2.06. The average molecular weight is 165 g/mol. The zero-order valence-corrected chi connectivity index (χ0v) is 6.60. The van der Waals surface area contributed by atoms with Crippen molar-refractivity contribution in [1.29, 1.82) is 0 Å². The second-order valence-corrected chi connectivity index (χ2v) is 3.00. The Morgan fingerprint density at radius 2 is 2.08 bits per heavy atom. The maximum atomic E-state index is 13.6. The maximum Gasteiger partial charge on any atom is 0.266 e. The lowest BCUT2D eigenvalue weighted by Crippen LogP contribution is -2.25. The lowest BCUT2D eigenvalue weighted by atomic mass is 10.0. The summed E-state index contributed by atoms with van der Waals surface area (Å²) in [6, 6.07) is 6.79. The number of nitrogens with one attached hydrogen (secondary N) is 1. The Hall–Kier alpha value is -1.38. The first-order valence-corrected chi connectivity index (χ1v) is 3.72. The number of benzene rings is 1. The van der Waals surface area contributed by atoms with Gasteiger partial charge in [0.1, 0.15) is 0 Å². The molecule has 0 spiro atoms. The number of carbonyl (C=O) groups is 1. The van der Waals surface area contributed by atoms with Crippen molar-refractivity contribution in [2.75, 3.05) is 5.32 Å². The smallest absolute Gasteiger partial charge is 0.266 e. The number of rotatable bonds is 0. The summed E-state index contributed by atoms with van der Waals surface area (Å²) in [6.07, 6.45) is 0. The molecule has 1 heterocycles. The van der Waals surface area contributed by atoms with Gasteiger partial charge in [-0.15, -0.1) is 0 Å². The van der Waals surface area contributed by atoms with Crippen molar-refractivity contribution in [1.82, 2.24) is 0 Å². The summed E-state index contributed by atoms with van der Waals surface area (Å²) in [4.78, 5) is 11.1. The summed E-state index contributed by atoms with van der Waals surface area (Å²) < 4.78 is 13.6. The van der Waals surface area contributed by atoms with Gasteiger partial charge in [-0.05, 0) is 13.0 Å². The van der Waals surface area contributed by atoms with E-state index in [9.17, 15) is 9.18 Å². The largest absolute Gasteiger partial charge is 0.323 e. The van der Waals surface area contributed by atoms with E-state index in [-0.39, 0.29) is 0 Å². The summed E-state index contributed by atoms with van der Waals surface area (Å²) in [5.41, 5.74) is -0.862. The predicted molar refractivity (Wildman–Crippen MR) is 43.5 cm³/mol. The van der Waals surface area contributed by atoms with Crippen molar-refractivity contribution in [2.24, 2.45) is 0 Å². The van der Waals surface area contributed by atoms with Gasteiger partial charge in [0.25, 0.3) is 5.91 Å². The Bertz CT molecular complexity index is 346. The van der Waals surface area contributed by atoms with E-state index >= 15 is 0 Å². The molecule has 1 atom stereocenters. The van der Waals surface area contributed by atoms with E-state index in [1.54, 1.807) is 24.3 Å². The third-order valence-electron chi connectivity index (χ3n) is 2.11. The van der Waals surface area contributed by atoms with Gasteiger partial charge in [0.05, 0.1) is 0 Å². The molecule has 0 aromatic heterocycles. The van der Waals surface area contributed by atoms with E-state index in [2.05, 4.69) is 5.32 Å². The monoisotopic (exact) mass is 165 g/mol. The van der Waals surface area contributed by atoms with Crippen LogP contribution < -0.4 is 5.32 Å². The summed E-state index contributed by atoms with van der Waals surface area (Å²) in [7, 11) is 0. The van der Waals surface area contributed by atoms with Crippen LogP contribution in [0.5, 0.6) is 0 Å². The number of fused-ring (bicyclic) bond motifs is 1. The third-order valence-corrected chi connectivity index (χ3v) is 2.11. The fraction of sp³-hybridized carbons (Fsp3) is 0.222. The predicted octanol–water partition coefficient (Wildman–Crippen LogP) is 1.82. The van der Waals surface area contributed by atoms with Crippen LogP contribution >= 0.6 is 0 Å². The molecule has 12 heavy (non-hydrogen) atoms. The molecule has 1 N–H and O–H groups in total. The molecule has 2 rings (SSSR count). The van der Waals surface area contributed by atoms with Crippen molar-refractivity contribution in [3.8, 4) is 0 Å². The molecular formula is C9H8FNO. The molecule has 0 aliphatic carbocycles. The maximum absolute atomic E-state index is 13.6. The standard InChI is InChI=1S/C9H8FNO/c1-9(10)6-4-2-3-5-7(6)11-8(9)12/h2-5H,1H3,(H,11,12)/t9-/m1/s1. The van der Waals surface area contributed by atoms with Crippen LogP contribution in [-0.2, 0) is 10.5 Å². The van der Waals surface area contributed by atoms with Gasteiger partial charge in [0.15, 0.2) is 0 Å². The molecule has 0 bridgehead atoms. The highest BCUT2D eigenvalue weighted by Crippen LogP contribution is 2.37. The third kappa shape index (κ3) is 0.763. The van der Waals surface area contributed by atoms with E-state index in [1.165, 1.54) is 6.92 Å². The molecule has 2 nitrogen and oxygen atoms in total. The Labute approximate surface area is 69.4 Å². The van der Waals surface area contributed by atoms with Crippen LogP contribution in [0, 0.1) is 0 Å². The van der Waals surface area contributed by atoms with E-state index in [0.717, 1.165) is 0 Å². The summed E-state index contributed by atoms with van der Waals surface area (Å²) in [5.74, 6) is -0.580. The molecule has 0 unspecified atom stereocenters. The van der Waals surface area contributed by atoms with Gasteiger partial charge in [0.2, 0.25) is 5.67 Å². The topological polar surface area (TPSA) is 29.1 Å². The highest BCUT2D eigenvalue weighted by atomic mass is 19.1. The van der Waals surface area contributed by atoms with Gasteiger partial charge in [-0.25, -0.2) is 4.39 Å². The van der Waals surface area contributed by atoms with Crippen molar-refractivity contribution in [3.05, 3.63) is 29.8 Å². The van der Waals surface area contributed by atoms with Gasteiger partial charge in [0, 0.05) is 11.3 Å². The van der Waals surface area contributed by atoms with Gasteiger partial charge in [-0.1, -0.05) is 18.2 Å². The number of hydrogen-bond donors (Lipinski definition) is 1. The summed E-state index contributed by atoms with van der Waals surface area (Å²) >= 11 is 0. The number of hydrogen-bond acceptors (Lipinski definition) is 1. The molecule has 3 heteroatoms. The Balaban J connectivity index is 2.63. The molecule has 1 amide bonds. The lowest BCUT2D eigenvalue weighted by Gasteiger charge is -2.09. The average Bonchev–Trinajstić information content (AvgIpc) is 2.25. The molecular weight excluding hydrogens is 157 g/mol. The number of carbonyl (C=O) groups excluding carboxylic acids is 1. The number of para-hydroxylation sites is 1. The van der Waals surface area contributed by atoms with Crippen molar-refractivity contribution < 1.29 is 9.18 Å². The van der Waals surface area contributed by atoms with Crippen molar-refractivity contribution in [3.63, 3.8) is 0 Å². The fourth-order valence-electron chi connectivity index (χ4n) is 1.36. The van der Waals surface area contributed by atoms with E-state index in [0.29, 0.717) is 11.3 Å². The number of halogens is 1. The van der Waals surface area contributed by atoms with Crippen molar-refractivity contribution >= 4 is 11.6 Å². The Morgan fingerprint density at radius 1 is 1.42 bits per heavy atom. The minimum atomic E-state index is -1.86. The molecule has 1 aromatic rings. The summed E-state index contributed by atoms with van der Waals surface area (Å²) in [6.45, 7) is 1.27. The van der Waals surface area contributed by atoms with E-state index in [1.807, 2.05) is 0 Å². The van der Waals surface area contributed by atoms with Gasteiger partial charge >= 0.3 is 0 Å². The number of anilines is 1. The zero-order valence-electron chi connectivity index (χ0n) is 6.60. The van der Waals surface area contributed by atoms with E-state index < -0.39 is 11.6 Å². The van der Waals surface area contributed by atoms with Crippen LogP contribution in [0.25, 0.3) is 0 Å². The molecule has 1 aliphatic rings.